The number of ether oxygens (including phenoxy) is 1. The van der Waals surface area contributed by atoms with Crippen LogP contribution in [0, 0.1) is 0 Å². The van der Waals surface area contributed by atoms with Crippen molar-refractivity contribution in [2.24, 2.45) is 0 Å². The van der Waals surface area contributed by atoms with E-state index in [1.165, 1.54) is 0 Å². The van der Waals surface area contributed by atoms with Crippen molar-refractivity contribution in [3.8, 4) is 11.1 Å². The lowest BCUT2D eigenvalue weighted by atomic mass is 9.98. The van der Waals surface area contributed by atoms with Gasteiger partial charge in [-0.05, 0) is 27.8 Å². The molecule has 1 aliphatic rings. The topological polar surface area (TPSA) is 125 Å². The van der Waals surface area contributed by atoms with Crippen LogP contribution in [0.3, 0.4) is 0 Å². The van der Waals surface area contributed by atoms with E-state index in [2.05, 4.69) is 10.6 Å². The van der Waals surface area contributed by atoms with Crippen LogP contribution in [0.4, 0.5) is 4.79 Å². The molecule has 2 unspecified atom stereocenters. The molecule has 4 rings (SSSR count). The lowest BCUT2D eigenvalue weighted by molar-refractivity contribution is -0.146. The predicted molar refractivity (Wildman–Crippen MR) is 124 cm³/mol. The summed E-state index contributed by atoms with van der Waals surface area (Å²) in [4.78, 5) is 36.2. The maximum atomic E-state index is 12.7. The number of aliphatic carboxylic acids is 1. The van der Waals surface area contributed by atoms with Gasteiger partial charge in [-0.2, -0.15) is 0 Å². The van der Waals surface area contributed by atoms with Gasteiger partial charge in [0.15, 0.2) is 6.10 Å². The number of nitrogens with one attached hydrogen (secondary N) is 2. The number of benzene rings is 3. The predicted octanol–water partition coefficient (Wildman–Crippen LogP) is 2.83. The molecule has 0 spiro atoms. The second-order valence-corrected chi connectivity index (χ2v) is 7.91. The average Bonchev–Trinajstić information content (AvgIpc) is 3.18. The van der Waals surface area contributed by atoms with Gasteiger partial charge in [0.05, 0.1) is 6.54 Å². The first-order chi connectivity index (χ1) is 16.5. The quantitative estimate of drug-likeness (QED) is 0.410. The molecule has 2 atom stereocenters. The molecule has 3 aromatic carbocycles. The van der Waals surface area contributed by atoms with Crippen LogP contribution in [0.15, 0.2) is 78.9 Å². The summed E-state index contributed by atoms with van der Waals surface area (Å²) in [6.07, 6.45) is -2.54. The molecule has 8 nitrogen and oxygen atoms in total. The van der Waals surface area contributed by atoms with Gasteiger partial charge in [-0.25, -0.2) is 9.59 Å². The molecule has 8 heteroatoms. The average molecular weight is 460 g/mol. The zero-order chi connectivity index (χ0) is 24.1. The lowest BCUT2D eigenvalue weighted by Gasteiger charge is -2.20. The molecular formula is C26H24N2O6. The number of rotatable bonds is 8. The molecule has 0 aromatic heterocycles. The van der Waals surface area contributed by atoms with Gasteiger partial charge in [-0.15, -0.1) is 0 Å². The van der Waals surface area contributed by atoms with E-state index in [4.69, 9.17) is 9.84 Å². The Bertz CT molecular complexity index is 1150. The summed E-state index contributed by atoms with van der Waals surface area (Å²) in [5.74, 6) is -2.26. The van der Waals surface area contributed by atoms with Gasteiger partial charge in [0, 0.05) is 5.92 Å². The van der Waals surface area contributed by atoms with Crippen molar-refractivity contribution in [3.05, 3.63) is 95.6 Å². The number of carbonyl (C=O) groups excluding carboxylic acids is 2. The van der Waals surface area contributed by atoms with Crippen LogP contribution in [-0.4, -0.2) is 47.4 Å². The number of carboxylic acid groups (broad SMARTS) is 1. The highest BCUT2D eigenvalue weighted by molar-refractivity contribution is 5.87. The fourth-order valence-corrected chi connectivity index (χ4v) is 4.09. The number of amides is 2. The van der Waals surface area contributed by atoms with Crippen LogP contribution in [0.1, 0.15) is 28.7 Å². The molecule has 0 bridgehead atoms. The molecular weight excluding hydrogens is 436 g/mol. The molecule has 0 fully saturated rings. The Morgan fingerprint density at radius 2 is 1.41 bits per heavy atom. The minimum Gasteiger partial charge on any atom is -0.479 e. The summed E-state index contributed by atoms with van der Waals surface area (Å²) in [6.45, 7) is -0.412. The molecule has 3 aromatic rings. The maximum Gasteiger partial charge on any atom is 0.408 e. The van der Waals surface area contributed by atoms with Gasteiger partial charge < -0.3 is 25.6 Å². The fourth-order valence-electron chi connectivity index (χ4n) is 4.09. The van der Waals surface area contributed by atoms with E-state index in [9.17, 15) is 19.5 Å². The standard InChI is InChI=1S/C26H24N2O6/c29-22(25(31)32)14-27-24(30)23(16-8-2-1-3-9-16)28-26(33)34-15-21-19-12-6-4-10-17(19)18-11-5-7-13-20(18)21/h1-13,21-23,29H,14-15H2,(H,27,30)(H,28,33)(H,31,32). The second-order valence-electron chi connectivity index (χ2n) is 7.91. The maximum absolute atomic E-state index is 12.7. The fraction of sp³-hybridized carbons (Fsp3) is 0.192. The van der Waals surface area contributed by atoms with Crippen LogP contribution >= 0.6 is 0 Å². The summed E-state index contributed by atoms with van der Waals surface area (Å²) >= 11 is 0. The van der Waals surface area contributed by atoms with Crippen molar-refractivity contribution in [2.45, 2.75) is 18.1 Å². The van der Waals surface area contributed by atoms with Gasteiger partial charge in [-0.1, -0.05) is 78.9 Å². The van der Waals surface area contributed by atoms with Crippen molar-refractivity contribution >= 4 is 18.0 Å². The van der Waals surface area contributed by atoms with Crippen molar-refractivity contribution in [2.75, 3.05) is 13.2 Å². The highest BCUT2D eigenvalue weighted by atomic mass is 16.5. The Hall–Kier alpha value is -4.17. The molecule has 34 heavy (non-hydrogen) atoms. The summed E-state index contributed by atoms with van der Waals surface area (Å²) in [5, 5.41) is 23.2. The third-order valence-electron chi connectivity index (χ3n) is 5.76. The largest absolute Gasteiger partial charge is 0.479 e. The van der Waals surface area contributed by atoms with Gasteiger partial charge in [0.1, 0.15) is 12.6 Å². The van der Waals surface area contributed by atoms with Crippen molar-refractivity contribution in [1.29, 1.82) is 0 Å². The highest BCUT2D eigenvalue weighted by Crippen LogP contribution is 2.44. The summed E-state index contributed by atoms with van der Waals surface area (Å²) < 4.78 is 5.53. The van der Waals surface area contributed by atoms with E-state index in [1.807, 2.05) is 48.5 Å². The van der Waals surface area contributed by atoms with Gasteiger partial charge in [0.25, 0.3) is 0 Å². The number of carboxylic acids is 1. The highest BCUT2D eigenvalue weighted by Gasteiger charge is 2.30. The van der Waals surface area contributed by atoms with Gasteiger partial charge in [-0.3, -0.25) is 4.79 Å². The van der Waals surface area contributed by atoms with Crippen molar-refractivity contribution < 1.29 is 29.3 Å². The zero-order valence-corrected chi connectivity index (χ0v) is 18.2. The first kappa shape index (κ1) is 23.0. The van der Waals surface area contributed by atoms with Crippen molar-refractivity contribution in [1.82, 2.24) is 10.6 Å². The van der Waals surface area contributed by atoms with E-state index in [0.717, 1.165) is 22.3 Å². The Morgan fingerprint density at radius 1 is 0.853 bits per heavy atom. The summed E-state index contributed by atoms with van der Waals surface area (Å²) in [7, 11) is 0. The van der Waals surface area contributed by atoms with Crippen LogP contribution in [-0.2, 0) is 14.3 Å². The number of hydrogen-bond donors (Lipinski definition) is 4. The minimum atomic E-state index is -1.75. The molecule has 0 heterocycles. The van der Waals surface area contributed by atoms with E-state index in [1.54, 1.807) is 30.3 Å². The Morgan fingerprint density at radius 3 is 2.00 bits per heavy atom. The molecule has 1 aliphatic carbocycles. The third-order valence-corrected chi connectivity index (χ3v) is 5.76. The van der Waals surface area contributed by atoms with E-state index in [0.29, 0.717) is 5.56 Å². The van der Waals surface area contributed by atoms with Crippen LogP contribution in [0.2, 0.25) is 0 Å². The van der Waals surface area contributed by atoms with Gasteiger partial charge >= 0.3 is 12.1 Å². The Balaban J connectivity index is 1.45. The number of fused-ring (bicyclic) bond motifs is 3. The summed E-state index contributed by atoms with van der Waals surface area (Å²) in [5.41, 5.74) is 4.82. The number of aliphatic hydroxyl groups is 1. The Kier molecular flexibility index (Phi) is 6.89. The van der Waals surface area contributed by atoms with Crippen LogP contribution in [0.25, 0.3) is 11.1 Å². The monoisotopic (exact) mass is 460 g/mol. The number of hydrogen-bond acceptors (Lipinski definition) is 5. The normalized spacial score (nSPS) is 13.8. The molecule has 0 radical (unpaired) electrons. The van der Waals surface area contributed by atoms with E-state index >= 15 is 0 Å². The van der Waals surface area contributed by atoms with Crippen LogP contribution in [0.5, 0.6) is 0 Å². The number of aliphatic hydroxyl groups excluding tert-OH is 1. The number of carbonyl (C=O) groups is 3. The summed E-state index contributed by atoms with van der Waals surface area (Å²) in [6, 6.07) is 23.3. The molecule has 174 valence electrons. The lowest BCUT2D eigenvalue weighted by Crippen LogP contribution is -2.44. The molecule has 4 N–H and O–H groups in total. The molecule has 0 aliphatic heterocycles. The molecule has 0 saturated carbocycles. The Labute approximate surface area is 196 Å². The first-order valence-electron chi connectivity index (χ1n) is 10.8. The van der Waals surface area contributed by atoms with Gasteiger partial charge in [0.2, 0.25) is 5.91 Å². The van der Waals surface area contributed by atoms with E-state index < -0.39 is 36.7 Å². The zero-order valence-electron chi connectivity index (χ0n) is 18.2. The van der Waals surface area contributed by atoms with Crippen LogP contribution < -0.4 is 10.6 Å². The van der Waals surface area contributed by atoms with Crippen molar-refractivity contribution in [3.63, 3.8) is 0 Å². The second kappa shape index (κ2) is 10.2. The minimum absolute atomic E-state index is 0.0840. The van der Waals surface area contributed by atoms with E-state index in [-0.39, 0.29) is 12.5 Å². The third kappa shape index (κ3) is 4.92. The molecule has 0 saturated heterocycles. The first-order valence-corrected chi connectivity index (χ1v) is 10.8. The SMILES string of the molecule is O=C(NC(C(=O)NCC(O)C(=O)O)c1ccccc1)OCC1c2ccccc2-c2ccccc21. The molecule has 2 amide bonds. The number of alkyl carbamates (subject to hydrolysis) is 1. The smallest absolute Gasteiger partial charge is 0.408 e.